The summed E-state index contributed by atoms with van der Waals surface area (Å²) in [4.78, 5) is 0. The average molecular weight is 289 g/mol. The Balaban J connectivity index is 2.29. The molecule has 1 fully saturated rings. The van der Waals surface area contributed by atoms with Crippen LogP contribution in [0.4, 0.5) is 0 Å². The van der Waals surface area contributed by atoms with Gasteiger partial charge in [0, 0.05) is 6.04 Å². The minimum atomic E-state index is 0.500. The number of hydrogen-bond donors (Lipinski definition) is 1. The second kappa shape index (κ2) is 7.31. The van der Waals surface area contributed by atoms with Crippen molar-refractivity contribution in [3.05, 3.63) is 28.8 Å². The van der Waals surface area contributed by atoms with E-state index in [1.165, 1.54) is 42.4 Å². The molecule has 0 spiro atoms. The predicted octanol–water partition coefficient (Wildman–Crippen LogP) is 4.79. The van der Waals surface area contributed by atoms with Crippen molar-refractivity contribution >= 4 is 0 Å². The smallest absolute Gasteiger partial charge is 0.122 e. The summed E-state index contributed by atoms with van der Waals surface area (Å²) in [6.45, 7) is 10.1. The van der Waals surface area contributed by atoms with Crippen LogP contribution in [0.5, 0.6) is 5.75 Å². The van der Waals surface area contributed by atoms with Gasteiger partial charge in [-0.3, -0.25) is 0 Å². The second-order valence-electron chi connectivity index (χ2n) is 6.79. The summed E-state index contributed by atoms with van der Waals surface area (Å²) in [5.74, 6) is 2.66. The Kier molecular flexibility index (Phi) is 5.69. The quantitative estimate of drug-likeness (QED) is 0.813. The third-order valence-corrected chi connectivity index (χ3v) is 4.94. The summed E-state index contributed by atoms with van der Waals surface area (Å²) < 4.78 is 5.46. The van der Waals surface area contributed by atoms with E-state index in [1.54, 1.807) is 7.11 Å². The van der Waals surface area contributed by atoms with Gasteiger partial charge in [0.25, 0.3) is 0 Å². The molecular formula is C19H31NO. The normalized spacial score (nSPS) is 23.3. The van der Waals surface area contributed by atoms with Crippen molar-refractivity contribution in [3.8, 4) is 5.75 Å². The molecule has 1 saturated carbocycles. The molecule has 0 amide bonds. The zero-order valence-corrected chi connectivity index (χ0v) is 14.3. The van der Waals surface area contributed by atoms with Crippen LogP contribution >= 0.6 is 0 Å². The SMILES string of the molecule is CCCNC(c1cc(C)c(OC)cc1C)C1CCC(C)C1. The molecule has 118 valence electrons. The van der Waals surface area contributed by atoms with Crippen LogP contribution in [-0.4, -0.2) is 13.7 Å². The van der Waals surface area contributed by atoms with Crippen LogP contribution in [0.2, 0.25) is 0 Å². The van der Waals surface area contributed by atoms with Crippen LogP contribution in [0, 0.1) is 25.7 Å². The van der Waals surface area contributed by atoms with E-state index in [1.807, 2.05) is 0 Å². The van der Waals surface area contributed by atoms with Gasteiger partial charge < -0.3 is 10.1 Å². The second-order valence-corrected chi connectivity index (χ2v) is 6.79. The van der Waals surface area contributed by atoms with Crippen LogP contribution in [0.3, 0.4) is 0 Å². The molecule has 0 aromatic heterocycles. The van der Waals surface area contributed by atoms with Crippen LogP contribution in [0.15, 0.2) is 12.1 Å². The van der Waals surface area contributed by atoms with E-state index in [0.717, 1.165) is 24.1 Å². The third kappa shape index (κ3) is 3.79. The van der Waals surface area contributed by atoms with E-state index in [2.05, 4.69) is 45.1 Å². The molecule has 3 unspecified atom stereocenters. The number of hydrogen-bond acceptors (Lipinski definition) is 2. The molecule has 0 aliphatic heterocycles. The molecule has 21 heavy (non-hydrogen) atoms. The summed E-state index contributed by atoms with van der Waals surface area (Å²) in [6, 6.07) is 5.04. The zero-order chi connectivity index (χ0) is 15.4. The van der Waals surface area contributed by atoms with E-state index in [-0.39, 0.29) is 0 Å². The van der Waals surface area contributed by atoms with Gasteiger partial charge in [0.1, 0.15) is 5.75 Å². The number of methoxy groups -OCH3 is 1. The molecule has 3 atom stereocenters. The summed E-state index contributed by atoms with van der Waals surface area (Å²) >= 11 is 0. The van der Waals surface area contributed by atoms with Gasteiger partial charge in [-0.1, -0.05) is 26.3 Å². The largest absolute Gasteiger partial charge is 0.496 e. The van der Waals surface area contributed by atoms with Gasteiger partial charge in [-0.05, 0) is 74.2 Å². The first-order valence-electron chi connectivity index (χ1n) is 8.45. The van der Waals surface area contributed by atoms with E-state index in [4.69, 9.17) is 4.74 Å². The molecular weight excluding hydrogens is 258 g/mol. The molecule has 1 aromatic rings. The number of rotatable bonds is 6. The van der Waals surface area contributed by atoms with Gasteiger partial charge in [0.2, 0.25) is 0 Å². The first-order chi connectivity index (χ1) is 10.1. The van der Waals surface area contributed by atoms with Gasteiger partial charge in [-0.15, -0.1) is 0 Å². The van der Waals surface area contributed by atoms with E-state index >= 15 is 0 Å². The van der Waals surface area contributed by atoms with Crippen LogP contribution in [0.1, 0.15) is 62.3 Å². The van der Waals surface area contributed by atoms with E-state index in [0.29, 0.717) is 6.04 Å². The number of benzene rings is 1. The molecule has 1 aliphatic carbocycles. The number of aryl methyl sites for hydroxylation is 2. The Labute approximate surface area is 130 Å². The highest BCUT2D eigenvalue weighted by molar-refractivity contribution is 5.43. The van der Waals surface area contributed by atoms with Gasteiger partial charge in [0.15, 0.2) is 0 Å². The van der Waals surface area contributed by atoms with Crippen molar-refractivity contribution in [2.24, 2.45) is 11.8 Å². The fourth-order valence-electron chi connectivity index (χ4n) is 3.75. The third-order valence-electron chi connectivity index (χ3n) is 4.94. The Hall–Kier alpha value is -1.02. The molecule has 1 N–H and O–H groups in total. The molecule has 0 bridgehead atoms. The minimum absolute atomic E-state index is 0.500. The molecule has 0 heterocycles. The average Bonchev–Trinajstić information content (AvgIpc) is 2.89. The lowest BCUT2D eigenvalue weighted by molar-refractivity contribution is 0.357. The van der Waals surface area contributed by atoms with Crippen molar-refractivity contribution < 1.29 is 4.74 Å². The van der Waals surface area contributed by atoms with Crippen molar-refractivity contribution in [1.29, 1.82) is 0 Å². The summed E-state index contributed by atoms with van der Waals surface area (Å²) in [5.41, 5.74) is 4.07. The van der Waals surface area contributed by atoms with Gasteiger partial charge in [-0.2, -0.15) is 0 Å². The standard InChI is InChI=1S/C19H31NO/c1-6-9-20-19(16-8-7-13(2)10-16)17-11-15(4)18(21-5)12-14(17)3/h11-13,16,19-20H,6-10H2,1-5H3. The molecule has 2 rings (SSSR count). The molecule has 1 aromatic carbocycles. The Morgan fingerprint density at radius 2 is 2.00 bits per heavy atom. The summed E-state index contributed by atoms with van der Waals surface area (Å²) in [5, 5.41) is 3.81. The lowest BCUT2D eigenvalue weighted by Gasteiger charge is -2.28. The van der Waals surface area contributed by atoms with Crippen molar-refractivity contribution in [3.63, 3.8) is 0 Å². The molecule has 0 radical (unpaired) electrons. The summed E-state index contributed by atoms with van der Waals surface area (Å²) in [7, 11) is 1.76. The Morgan fingerprint density at radius 3 is 2.57 bits per heavy atom. The van der Waals surface area contributed by atoms with Gasteiger partial charge in [-0.25, -0.2) is 0 Å². The fourth-order valence-corrected chi connectivity index (χ4v) is 3.75. The van der Waals surface area contributed by atoms with Crippen LogP contribution in [0.25, 0.3) is 0 Å². The van der Waals surface area contributed by atoms with Crippen molar-refractivity contribution in [1.82, 2.24) is 5.32 Å². The lowest BCUT2D eigenvalue weighted by Crippen LogP contribution is -2.28. The van der Waals surface area contributed by atoms with E-state index in [9.17, 15) is 0 Å². The highest BCUT2D eigenvalue weighted by Gasteiger charge is 2.30. The van der Waals surface area contributed by atoms with Crippen molar-refractivity contribution in [2.75, 3.05) is 13.7 Å². The van der Waals surface area contributed by atoms with Crippen molar-refractivity contribution in [2.45, 2.75) is 59.4 Å². The zero-order valence-electron chi connectivity index (χ0n) is 14.3. The van der Waals surface area contributed by atoms with E-state index < -0.39 is 0 Å². The highest BCUT2D eigenvalue weighted by atomic mass is 16.5. The van der Waals surface area contributed by atoms with Crippen LogP contribution < -0.4 is 10.1 Å². The maximum Gasteiger partial charge on any atom is 0.122 e. The highest BCUT2D eigenvalue weighted by Crippen LogP contribution is 2.40. The molecule has 1 aliphatic rings. The topological polar surface area (TPSA) is 21.3 Å². The van der Waals surface area contributed by atoms with Crippen LogP contribution in [-0.2, 0) is 0 Å². The maximum atomic E-state index is 5.46. The lowest BCUT2D eigenvalue weighted by atomic mass is 9.87. The van der Waals surface area contributed by atoms with Gasteiger partial charge >= 0.3 is 0 Å². The first-order valence-corrected chi connectivity index (χ1v) is 8.45. The number of ether oxygens (including phenoxy) is 1. The molecule has 0 saturated heterocycles. The molecule has 2 nitrogen and oxygen atoms in total. The maximum absolute atomic E-state index is 5.46. The Bertz CT molecular complexity index is 469. The Morgan fingerprint density at radius 1 is 1.24 bits per heavy atom. The monoisotopic (exact) mass is 289 g/mol. The first kappa shape index (κ1) is 16.4. The summed E-state index contributed by atoms with van der Waals surface area (Å²) in [6.07, 6.45) is 5.27. The molecule has 2 heteroatoms. The predicted molar refractivity (Wildman–Crippen MR) is 90.0 cm³/mol. The number of nitrogens with one attached hydrogen (secondary N) is 1. The minimum Gasteiger partial charge on any atom is -0.496 e. The fraction of sp³-hybridized carbons (Fsp3) is 0.684. The van der Waals surface area contributed by atoms with Gasteiger partial charge in [0.05, 0.1) is 7.11 Å².